The Hall–Kier alpha value is -1.68. The van der Waals surface area contributed by atoms with Gasteiger partial charge in [-0.25, -0.2) is 4.98 Å². The molecule has 1 heterocycles. The molecule has 0 aliphatic rings. The summed E-state index contributed by atoms with van der Waals surface area (Å²) >= 11 is 1.69. The van der Waals surface area contributed by atoms with E-state index in [0.717, 1.165) is 10.8 Å². The van der Waals surface area contributed by atoms with E-state index in [1.165, 1.54) is 11.1 Å². The van der Waals surface area contributed by atoms with Gasteiger partial charge < -0.3 is 10.5 Å². The molecule has 2 N–H and O–H groups in total. The number of nitrogen functional groups attached to an aromatic ring is 1. The van der Waals surface area contributed by atoms with Crippen LogP contribution >= 0.6 is 11.8 Å². The molecule has 1 aromatic carbocycles. The molecule has 0 aliphatic heterocycles. The van der Waals surface area contributed by atoms with Crippen molar-refractivity contribution >= 4 is 17.4 Å². The van der Waals surface area contributed by atoms with Gasteiger partial charge in [0, 0.05) is 5.75 Å². The fourth-order valence-electron chi connectivity index (χ4n) is 1.79. The van der Waals surface area contributed by atoms with Gasteiger partial charge in [-0.2, -0.15) is 0 Å². The molecule has 0 amide bonds. The van der Waals surface area contributed by atoms with Gasteiger partial charge >= 0.3 is 0 Å². The van der Waals surface area contributed by atoms with Crippen LogP contribution in [-0.2, 0) is 5.75 Å². The lowest BCUT2D eigenvalue weighted by molar-refractivity contribution is 0.232. The van der Waals surface area contributed by atoms with Crippen molar-refractivity contribution in [3.63, 3.8) is 0 Å². The van der Waals surface area contributed by atoms with E-state index < -0.39 is 0 Å². The Morgan fingerprint density at radius 2 is 2.05 bits per heavy atom. The maximum absolute atomic E-state index is 5.87. The zero-order valence-corrected chi connectivity index (χ0v) is 12.9. The third-order valence-corrected chi connectivity index (χ3v) is 3.68. The molecule has 0 spiro atoms. The first-order valence-corrected chi connectivity index (χ1v) is 7.64. The minimum atomic E-state index is 0.0711. The van der Waals surface area contributed by atoms with Crippen LogP contribution in [0.2, 0.25) is 0 Å². The summed E-state index contributed by atoms with van der Waals surface area (Å²) in [5.41, 5.74) is 9.02. The lowest BCUT2D eigenvalue weighted by Gasteiger charge is -2.12. The molecule has 0 bridgehead atoms. The summed E-state index contributed by atoms with van der Waals surface area (Å²) in [6.07, 6.45) is 0.0711. The second-order valence-electron chi connectivity index (χ2n) is 4.99. The van der Waals surface area contributed by atoms with E-state index in [4.69, 9.17) is 10.5 Å². The lowest BCUT2D eigenvalue weighted by atomic mass is 10.2. The highest BCUT2D eigenvalue weighted by molar-refractivity contribution is 7.98. The Balaban J connectivity index is 2.06. The SMILES string of the molecule is Cc1cccc(CSc2ccc(N)c(OC(C)C)n2)c1. The molecular weight excluding hydrogens is 268 g/mol. The van der Waals surface area contributed by atoms with E-state index in [-0.39, 0.29) is 6.10 Å². The Labute approximate surface area is 124 Å². The van der Waals surface area contributed by atoms with Crippen LogP contribution in [0.15, 0.2) is 41.4 Å². The molecule has 0 saturated heterocycles. The third-order valence-electron chi connectivity index (χ3n) is 2.68. The minimum Gasteiger partial charge on any atom is -0.473 e. The average molecular weight is 288 g/mol. The molecule has 0 fully saturated rings. The quantitative estimate of drug-likeness (QED) is 0.843. The lowest BCUT2D eigenvalue weighted by Crippen LogP contribution is -2.09. The van der Waals surface area contributed by atoms with Gasteiger partial charge in [0.05, 0.1) is 11.8 Å². The van der Waals surface area contributed by atoms with Crippen molar-refractivity contribution in [2.45, 2.75) is 37.7 Å². The molecular formula is C16H20N2OS. The predicted molar refractivity (Wildman–Crippen MR) is 85.2 cm³/mol. The molecule has 0 radical (unpaired) electrons. The first-order chi connectivity index (χ1) is 9.54. The number of ether oxygens (including phenoxy) is 1. The molecule has 3 nitrogen and oxygen atoms in total. The number of anilines is 1. The molecule has 2 aromatic rings. The molecule has 20 heavy (non-hydrogen) atoms. The van der Waals surface area contributed by atoms with Crippen LogP contribution in [0.4, 0.5) is 5.69 Å². The van der Waals surface area contributed by atoms with E-state index in [1.54, 1.807) is 11.8 Å². The highest BCUT2D eigenvalue weighted by Gasteiger charge is 2.07. The van der Waals surface area contributed by atoms with Crippen LogP contribution in [-0.4, -0.2) is 11.1 Å². The largest absolute Gasteiger partial charge is 0.473 e. The van der Waals surface area contributed by atoms with E-state index in [9.17, 15) is 0 Å². The first-order valence-electron chi connectivity index (χ1n) is 6.66. The van der Waals surface area contributed by atoms with Gasteiger partial charge in [0.15, 0.2) is 0 Å². The second kappa shape index (κ2) is 6.66. The summed E-state index contributed by atoms with van der Waals surface area (Å²) in [5, 5.41) is 0.927. The van der Waals surface area contributed by atoms with Crippen LogP contribution in [0.5, 0.6) is 5.88 Å². The van der Waals surface area contributed by atoms with Crippen LogP contribution in [0.3, 0.4) is 0 Å². The van der Waals surface area contributed by atoms with Gasteiger partial charge in [-0.1, -0.05) is 29.8 Å². The third kappa shape index (κ3) is 4.17. The number of benzene rings is 1. The Morgan fingerprint density at radius 3 is 2.75 bits per heavy atom. The fourth-order valence-corrected chi connectivity index (χ4v) is 2.60. The van der Waals surface area contributed by atoms with Crippen LogP contribution in [0, 0.1) is 6.92 Å². The Bertz CT molecular complexity index is 584. The number of rotatable bonds is 5. The standard InChI is InChI=1S/C16H20N2OS/c1-11(2)19-16-14(17)7-8-15(18-16)20-10-13-6-4-5-12(3)9-13/h4-9,11H,10,17H2,1-3H3. The second-order valence-corrected chi connectivity index (χ2v) is 5.98. The van der Waals surface area contributed by atoms with Crippen molar-refractivity contribution < 1.29 is 4.74 Å². The Kier molecular flexibility index (Phi) is 4.90. The molecule has 0 aliphatic carbocycles. The summed E-state index contributed by atoms with van der Waals surface area (Å²) in [5.74, 6) is 1.41. The molecule has 4 heteroatoms. The predicted octanol–water partition coefficient (Wildman–Crippen LogP) is 4.05. The zero-order chi connectivity index (χ0) is 14.5. The van der Waals surface area contributed by atoms with Crippen LogP contribution in [0.1, 0.15) is 25.0 Å². The molecule has 2 rings (SSSR count). The van der Waals surface area contributed by atoms with Crippen molar-refractivity contribution in [3.8, 4) is 5.88 Å². The van der Waals surface area contributed by atoms with Crippen LogP contribution < -0.4 is 10.5 Å². The highest BCUT2D eigenvalue weighted by Crippen LogP contribution is 2.27. The van der Waals surface area contributed by atoms with E-state index >= 15 is 0 Å². The summed E-state index contributed by atoms with van der Waals surface area (Å²) in [6, 6.07) is 12.3. The maximum atomic E-state index is 5.87. The smallest absolute Gasteiger partial charge is 0.238 e. The van der Waals surface area contributed by atoms with Gasteiger partial charge in [-0.3, -0.25) is 0 Å². The van der Waals surface area contributed by atoms with Gasteiger partial charge in [0.25, 0.3) is 0 Å². The van der Waals surface area contributed by atoms with Gasteiger partial charge in [-0.05, 0) is 38.5 Å². The highest BCUT2D eigenvalue weighted by atomic mass is 32.2. The Morgan fingerprint density at radius 1 is 1.25 bits per heavy atom. The van der Waals surface area contributed by atoms with Crippen molar-refractivity contribution in [2.75, 3.05) is 5.73 Å². The van der Waals surface area contributed by atoms with Crippen LogP contribution in [0.25, 0.3) is 0 Å². The number of nitrogens with zero attached hydrogens (tertiary/aromatic N) is 1. The minimum absolute atomic E-state index is 0.0711. The van der Waals surface area contributed by atoms with E-state index in [0.29, 0.717) is 11.6 Å². The van der Waals surface area contributed by atoms with Crippen molar-refractivity contribution in [3.05, 3.63) is 47.5 Å². The number of aromatic nitrogens is 1. The molecule has 0 saturated carbocycles. The normalized spacial score (nSPS) is 10.8. The summed E-state index contributed by atoms with van der Waals surface area (Å²) in [6.45, 7) is 6.03. The fraction of sp³-hybridized carbons (Fsp3) is 0.312. The van der Waals surface area contributed by atoms with E-state index in [1.807, 2.05) is 26.0 Å². The molecule has 0 unspecified atom stereocenters. The summed E-state index contributed by atoms with van der Waals surface area (Å²) < 4.78 is 5.61. The zero-order valence-electron chi connectivity index (χ0n) is 12.1. The maximum Gasteiger partial charge on any atom is 0.238 e. The van der Waals surface area contributed by atoms with Gasteiger partial charge in [0.1, 0.15) is 5.03 Å². The van der Waals surface area contributed by atoms with Crippen molar-refractivity contribution in [1.29, 1.82) is 0 Å². The number of nitrogens with two attached hydrogens (primary N) is 1. The molecule has 106 valence electrons. The van der Waals surface area contributed by atoms with E-state index in [2.05, 4.69) is 36.2 Å². The van der Waals surface area contributed by atoms with Gasteiger partial charge in [0.2, 0.25) is 5.88 Å². The molecule has 0 atom stereocenters. The number of hydrogen-bond acceptors (Lipinski definition) is 4. The van der Waals surface area contributed by atoms with Gasteiger partial charge in [-0.15, -0.1) is 11.8 Å². The summed E-state index contributed by atoms with van der Waals surface area (Å²) in [7, 11) is 0. The summed E-state index contributed by atoms with van der Waals surface area (Å²) in [4.78, 5) is 4.47. The number of pyridine rings is 1. The number of thioether (sulfide) groups is 1. The average Bonchev–Trinajstić information content (AvgIpc) is 2.39. The first kappa shape index (κ1) is 14.7. The number of aryl methyl sites for hydroxylation is 1. The number of hydrogen-bond donors (Lipinski definition) is 1. The van der Waals surface area contributed by atoms with Crippen molar-refractivity contribution in [1.82, 2.24) is 4.98 Å². The topological polar surface area (TPSA) is 48.1 Å². The monoisotopic (exact) mass is 288 g/mol. The van der Waals surface area contributed by atoms with Crippen molar-refractivity contribution in [2.24, 2.45) is 0 Å². The molecule has 1 aromatic heterocycles.